The van der Waals surface area contributed by atoms with E-state index in [1.54, 1.807) is 0 Å². The molecular weight excluding hydrogens is 292 g/mol. The Morgan fingerprint density at radius 1 is 0.522 bits per heavy atom. The normalized spacial score (nSPS) is 10.0. The summed E-state index contributed by atoms with van der Waals surface area (Å²) in [7, 11) is -1.51. The van der Waals surface area contributed by atoms with Crippen molar-refractivity contribution in [3.05, 3.63) is 90.0 Å². The molecule has 0 N–H and O–H groups in total. The maximum Gasteiger partial charge on any atom is 0.132 e. The number of rotatable bonds is 3. The Labute approximate surface area is 139 Å². The smallest absolute Gasteiger partial charge is 0.115 e. The molecule has 0 aliphatic rings. The first-order valence-electron chi connectivity index (χ1n) is 7.50. The summed E-state index contributed by atoms with van der Waals surface area (Å²) >= 11 is 0. The molecule has 108 valence electrons. The molecule has 0 unspecified atom stereocenters. The zero-order valence-corrected chi connectivity index (χ0v) is 13.9. The van der Waals surface area contributed by atoms with Gasteiger partial charge in [-0.1, -0.05) is 82.0 Å². The second-order valence-electron chi connectivity index (χ2n) is 5.38. The molecule has 0 saturated carbocycles. The Hall–Kier alpha value is -3.00. The van der Waals surface area contributed by atoms with Crippen molar-refractivity contribution in [1.29, 1.82) is 0 Å². The summed E-state index contributed by atoms with van der Waals surface area (Å²) < 4.78 is 0. The molecule has 0 fully saturated rings. The largest absolute Gasteiger partial charge is 0.132 e. The number of hydrogen-bond donors (Lipinski definition) is 0. The number of terminal acetylenes is 2. The van der Waals surface area contributed by atoms with Gasteiger partial charge < -0.3 is 0 Å². The van der Waals surface area contributed by atoms with Crippen molar-refractivity contribution in [1.82, 2.24) is 0 Å². The molecule has 0 bridgehead atoms. The molecule has 3 aromatic rings. The van der Waals surface area contributed by atoms with Crippen molar-refractivity contribution in [3.63, 3.8) is 0 Å². The lowest BCUT2D eigenvalue weighted by Crippen LogP contribution is -2.51. The highest BCUT2D eigenvalue weighted by atomic mass is 28.3. The second kappa shape index (κ2) is 6.84. The maximum atomic E-state index is 5.47. The minimum Gasteiger partial charge on any atom is -0.115 e. The van der Waals surface area contributed by atoms with Gasteiger partial charge >= 0.3 is 0 Å². The second-order valence-corrected chi connectivity index (χ2v) is 8.24. The number of hydrogen-bond acceptors (Lipinski definition) is 0. The lowest BCUT2D eigenvalue weighted by Gasteiger charge is -2.17. The van der Waals surface area contributed by atoms with Crippen LogP contribution >= 0.6 is 0 Å². The van der Waals surface area contributed by atoms with Gasteiger partial charge in [-0.25, -0.2) is 0 Å². The maximum absolute atomic E-state index is 5.47. The first-order chi connectivity index (χ1) is 11.3. The summed E-state index contributed by atoms with van der Waals surface area (Å²) in [6.45, 7) is 0. The third-order valence-electron chi connectivity index (χ3n) is 3.95. The Morgan fingerprint density at radius 2 is 0.913 bits per heavy atom. The highest BCUT2D eigenvalue weighted by molar-refractivity contribution is 6.95. The zero-order chi connectivity index (χ0) is 16.1. The summed E-state index contributed by atoms with van der Waals surface area (Å²) in [4.78, 5) is 0. The van der Waals surface area contributed by atoms with E-state index in [-0.39, 0.29) is 0 Å². The third-order valence-corrected chi connectivity index (χ3v) is 7.11. The van der Waals surface area contributed by atoms with Crippen LogP contribution in [0, 0.1) is 24.7 Å². The molecule has 0 aliphatic heterocycles. The summed E-state index contributed by atoms with van der Waals surface area (Å²) in [6, 6.07) is 27.4. The van der Waals surface area contributed by atoms with Crippen molar-refractivity contribution in [2.24, 2.45) is 0 Å². The predicted molar refractivity (Wildman–Crippen MR) is 101 cm³/mol. The van der Waals surface area contributed by atoms with E-state index < -0.39 is 8.80 Å². The van der Waals surface area contributed by atoms with Gasteiger partial charge in [0.15, 0.2) is 0 Å². The van der Waals surface area contributed by atoms with Crippen LogP contribution in [-0.4, -0.2) is 8.80 Å². The topological polar surface area (TPSA) is 0 Å². The van der Waals surface area contributed by atoms with Gasteiger partial charge in [-0.05, 0) is 24.3 Å². The van der Waals surface area contributed by atoms with Crippen LogP contribution in [0.25, 0.3) is 0 Å². The van der Waals surface area contributed by atoms with Crippen LogP contribution in [0.1, 0.15) is 11.1 Å². The molecule has 0 spiro atoms. The van der Waals surface area contributed by atoms with Gasteiger partial charge in [-0.15, -0.1) is 12.8 Å². The quantitative estimate of drug-likeness (QED) is 0.394. The summed E-state index contributed by atoms with van der Waals surface area (Å²) in [5.74, 6) is 5.36. The Bertz CT molecular complexity index is 803. The monoisotopic (exact) mass is 308 g/mol. The standard InChI is InChI=1S/C22H16Si/c1-3-18-10-14-21(15-11-18)23(20-8-6-5-7-9-20)22-16-12-19(4-2)13-17-22/h1-2,5-17,23H. The van der Waals surface area contributed by atoms with E-state index in [2.05, 4.69) is 66.4 Å². The summed E-state index contributed by atoms with van der Waals surface area (Å²) in [6.07, 6.45) is 10.9. The Kier molecular flexibility index (Phi) is 4.43. The molecule has 0 aliphatic carbocycles. The highest BCUT2D eigenvalue weighted by Gasteiger charge is 2.18. The van der Waals surface area contributed by atoms with Crippen molar-refractivity contribution in [3.8, 4) is 24.7 Å². The van der Waals surface area contributed by atoms with Crippen LogP contribution in [0.4, 0.5) is 0 Å². The van der Waals surface area contributed by atoms with Crippen LogP contribution in [0.2, 0.25) is 0 Å². The molecule has 23 heavy (non-hydrogen) atoms. The van der Waals surface area contributed by atoms with Crippen molar-refractivity contribution < 1.29 is 0 Å². The van der Waals surface area contributed by atoms with Crippen LogP contribution in [-0.2, 0) is 0 Å². The van der Waals surface area contributed by atoms with Crippen LogP contribution in [0.5, 0.6) is 0 Å². The molecule has 0 heterocycles. The lowest BCUT2D eigenvalue weighted by atomic mass is 10.2. The van der Waals surface area contributed by atoms with Gasteiger partial charge in [0, 0.05) is 11.1 Å². The van der Waals surface area contributed by atoms with E-state index in [0.717, 1.165) is 11.1 Å². The molecular formula is C22H16Si. The average Bonchev–Trinajstić information content (AvgIpc) is 2.64. The van der Waals surface area contributed by atoms with E-state index in [1.807, 2.05) is 24.3 Å². The zero-order valence-electron chi connectivity index (χ0n) is 12.7. The minimum atomic E-state index is -1.51. The molecule has 0 radical (unpaired) electrons. The Morgan fingerprint density at radius 3 is 1.30 bits per heavy atom. The predicted octanol–water partition coefficient (Wildman–Crippen LogP) is 1.90. The first-order valence-corrected chi connectivity index (χ1v) is 9.23. The SMILES string of the molecule is C#Cc1ccc([SiH](c2ccccc2)c2ccc(C#C)cc2)cc1. The fourth-order valence-corrected chi connectivity index (χ4v) is 5.68. The van der Waals surface area contributed by atoms with Gasteiger partial charge in [0.05, 0.1) is 0 Å². The number of benzene rings is 3. The van der Waals surface area contributed by atoms with Crippen molar-refractivity contribution in [2.45, 2.75) is 0 Å². The van der Waals surface area contributed by atoms with E-state index in [0.29, 0.717) is 0 Å². The van der Waals surface area contributed by atoms with Gasteiger partial charge in [0.1, 0.15) is 8.80 Å². The van der Waals surface area contributed by atoms with Crippen LogP contribution in [0.15, 0.2) is 78.9 Å². The van der Waals surface area contributed by atoms with Crippen molar-refractivity contribution >= 4 is 24.4 Å². The van der Waals surface area contributed by atoms with Gasteiger partial charge in [-0.3, -0.25) is 0 Å². The molecule has 0 aromatic heterocycles. The van der Waals surface area contributed by atoms with Gasteiger partial charge in [-0.2, -0.15) is 0 Å². The fourth-order valence-electron chi connectivity index (χ4n) is 2.77. The van der Waals surface area contributed by atoms with Gasteiger partial charge in [0.2, 0.25) is 0 Å². The van der Waals surface area contributed by atoms with E-state index in [9.17, 15) is 0 Å². The molecule has 3 rings (SSSR count). The average molecular weight is 308 g/mol. The first kappa shape index (κ1) is 14.9. The molecule has 0 nitrogen and oxygen atoms in total. The van der Waals surface area contributed by atoms with E-state index >= 15 is 0 Å². The van der Waals surface area contributed by atoms with Gasteiger partial charge in [0.25, 0.3) is 0 Å². The summed E-state index contributed by atoms with van der Waals surface area (Å²) in [5.41, 5.74) is 1.83. The molecule has 0 amide bonds. The van der Waals surface area contributed by atoms with E-state index in [1.165, 1.54) is 15.6 Å². The van der Waals surface area contributed by atoms with Crippen LogP contribution < -0.4 is 15.6 Å². The van der Waals surface area contributed by atoms with E-state index in [4.69, 9.17) is 12.8 Å². The highest BCUT2D eigenvalue weighted by Crippen LogP contribution is 2.00. The summed E-state index contributed by atoms with van der Waals surface area (Å²) in [5, 5.41) is 4.08. The molecule has 0 saturated heterocycles. The third kappa shape index (κ3) is 3.27. The minimum absolute atomic E-state index is 0.914. The lowest BCUT2D eigenvalue weighted by molar-refractivity contribution is 1.66. The van der Waals surface area contributed by atoms with Crippen LogP contribution in [0.3, 0.4) is 0 Å². The van der Waals surface area contributed by atoms with Crippen molar-refractivity contribution in [2.75, 3.05) is 0 Å². The molecule has 0 atom stereocenters. The molecule has 1 heteroatoms. The Balaban J connectivity index is 2.09. The molecule has 3 aromatic carbocycles. The fraction of sp³-hybridized carbons (Fsp3) is 0.